The van der Waals surface area contributed by atoms with Crippen LogP contribution in [0.5, 0.6) is 0 Å². The van der Waals surface area contributed by atoms with Crippen molar-refractivity contribution >= 4 is 15.9 Å². The molecule has 3 nitrogen and oxygen atoms in total. The molecule has 0 aliphatic carbocycles. The molecule has 2 aromatic rings. The summed E-state index contributed by atoms with van der Waals surface area (Å²) in [7, 11) is 0. The zero-order valence-corrected chi connectivity index (χ0v) is 13.7. The first-order valence-electron chi connectivity index (χ1n) is 6.79. The van der Waals surface area contributed by atoms with Gasteiger partial charge in [0.2, 0.25) is 0 Å². The number of aryl methyl sites for hydroxylation is 2. The number of hydrogen-bond donors (Lipinski definition) is 1. The third kappa shape index (κ3) is 3.44. The average Bonchev–Trinajstić information content (AvgIpc) is 2.40. The van der Waals surface area contributed by atoms with E-state index in [1.807, 2.05) is 26.0 Å². The van der Waals surface area contributed by atoms with E-state index in [-0.39, 0.29) is 0 Å². The molecule has 1 unspecified atom stereocenters. The lowest BCUT2D eigenvalue weighted by Crippen LogP contribution is -2.15. The van der Waals surface area contributed by atoms with Gasteiger partial charge in [-0.1, -0.05) is 35.0 Å². The van der Waals surface area contributed by atoms with Crippen molar-refractivity contribution in [3.8, 4) is 0 Å². The van der Waals surface area contributed by atoms with Gasteiger partial charge in [-0.2, -0.15) is 0 Å². The molecule has 0 saturated carbocycles. The second-order valence-corrected chi connectivity index (χ2v) is 6.08. The van der Waals surface area contributed by atoms with Crippen LogP contribution in [0.25, 0.3) is 0 Å². The number of aromatic nitrogens is 2. The maximum Gasteiger partial charge on any atom is 0.133 e. The second kappa shape index (κ2) is 6.46. The topological polar surface area (TPSA) is 51.8 Å². The Labute approximate surface area is 128 Å². The second-order valence-electron chi connectivity index (χ2n) is 5.16. The normalized spacial score (nSPS) is 12.4. The third-order valence-electron chi connectivity index (χ3n) is 3.49. The Balaban J connectivity index is 2.28. The van der Waals surface area contributed by atoms with Crippen molar-refractivity contribution in [1.29, 1.82) is 0 Å². The van der Waals surface area contributed by atoms with Crippen LogP contribution < -0.4 is 5.73 Å². The summed E-state index contributed by atoms with van der Waals surface area (Å²) < 4.78 is 1.08. The molecule has 0 aliphatic heterocycles. The summed E-state index contributed by atoms with van der Waals surface area (Å²) >= 11 is 3.44. The van der Waals surface area contributed by atoms with Crippen molar-refractivity contribution in [2.45, 2.75) is 33.1 Å². The fraction of sp³-hybridized carbons (Fsp3) is 0.375. The van der Waals surface area contributed by atoms with Crippen LogP contribution in [0.1, 0.15) is 41.2 Å². The maximum atomic E-state index is 5.76. The minimum Gasteiger partial charge on any atom is -0.330 e. The molecule has 0 spiro atoms. The van der Waals surface area contributed by atoms with E-state index in [0.717, 1.165) is 28.1 Å². The number of rotatable bonds is 4. The Kier molecular flexibility index (Phi) is 4.89. The Morgan fingerprint density at radius 1 is 1.10 bits per heavy atom. The molecule has 1 atom stereocenters. The van der Waals surface area contributed by atoms with Gasteiger partial charge in [-0.05, 0) is 49.6 Å². The van der Waals surface area contributed by atoms with Crippen molar-refractivity contribution in [2.24, 2.45) is 5.73 Å². The summed E-state index contributed by atoms with van der Waals surface area (Å²) in [5.74, 6) is 1.17. The summed E-state index contributed by atoms with van der Waals surface area (Å²) in [5, 5.41) is 0. The third-order valence-corrected chi connectivity index (χ3v) is 4.02. The zero-order chi connectivity index (χ0) is 14.7. The molecule has 0 bridgehead atoms. The molecule has 1 aromatic carbocycles. The van der Waals surface area contributed by atoms with Gasteiger partial charge in [-0.3, -0.25) is 0 Å². The molecule has 0 amide bonds. The highest BCUT2D eigenvalue weighted by Crippen LogP contribution is 2.21. The van der Waals surface area contributed by atoms with Gasteiger partial charge in [0.1, 0.15) is 5.82 Å². The van der Waals surface area contributed by atoms with E-state index in [1.54, 1.807) is 0 Å². The van der Waals surface area contributed by atoms with Gasteiger partial charge < -0.3 is 5.73 Å². The molecule has 4 heteroatoms. The van der Waals surface area contributed by atoms with Crippen LogP contribution in [0.3, 0.4) is 0 Å². The summed E-state index contributed by atoms with van der Waals surface area (Å²) in [6.45, 7) is 6.83. The minimum atomic E-state index is 0.303. The van der Waals surface area contributed by atoms with Crippen LogP contribution in [0, 0.1) is 13.8 Å². The van der Waals surface area contributed by atoms with Crippen molar-refractivity contribution in [3.63, 3.8) is 0 Å². The van der Waals surface area contributed by atoms with Gasteiger partial charge >= 0.3 is 0 Å². The van der Waals surface area contributed by atoms with Gasteiger partial charge in [0.25, 0.3) is 0 Å². The average molecular weight is 334 g/mol. The highest BCUT2D eigenvalue weighted by molar-refractivity contribution is 9.10. The van der Waals surface area contributed by atoms with Crippen molar-refractivity contribution < 1.29 is 0 Å². The number of nitrogens with zero attached hydrogens (tertiary/aromatic N) is 2. The van der Waals surface area contributed by atoms with Gasteiger partial charge in [-0.25, -0.2) is 9.97 Å². The Morgan fingerprint density at radius 2 is 1.65 bits per heavy atom. The molecule has 1 aromatic heterocycles. The van der Waals surface area contributed by atoms with Crippen molar-refractivity contribution in [1.82, 2.24) is 9.97 Å². The molecular formula is C16H20BrN3. The first kappa shape index (κ1) is 15.1. The standard InChI is InChI=1S/C16H20BrN3/c1-10(9-18)16-11(2)19-15(20-12(16)3)8-13-4-6-14(17)7-5-13/h4-7,10H,8-9,18H2,1-3H3. The first-order chi connectivity index (χ1) is 9.51. The molecule has 2 N–H and O–H groups in total. The monoisotopic (exact) mass is 333 g/mol. The minimum absolute atomic E-state index is 0.303. The fourth-order valence-electron chi connectivity index (χ4n) is 2.49. The van der Waals surface area contributed by atoms with Crippen molar-refractivity contribution in [2.75, 3.05) is 6.54 Å². The van der Waals surface area contributed by atoms with Crippen LogP contribution in [0.4, 0.5) is 0 Å². The predicted molar refractivity (Wildman–Crippen MR) is 85.9 cm³/mol. The molecule has 20 heavy (non-hydrogen) atoms. The number of halogens is 1. The molecule has 2 rings (SSSR count). The highest BCUT2D eigenvalue weighted by atomic mass is 79.9. The lowest BCUT2D eigenvalue weighted by atomic mass is 9.98. The highest BCUT2D eigenvalue weighted by Gasteiger charge is 2.14. The lowest BCUT2D eigenvalue weighted by Gasteiger charge is -2.15. The van der Waals surface area contributed by atoms with Gasteiger partial charge in [0.05, 0.1) is 0 Å². The van der Waals surface area contributed by atoms with E-state index in [0.29, 0.717) is 12.5 Å². The lowest BCUT2D eigenvalue weighted by molar-refractivity contribution is 0.733. The molecule has 0 aliphatic rings. The van der Waals surface area contributed by atoms with Gasteiger partial charge in [0, 0.05) is 22.3 Å². The number of nitrogens with two attached hydrogens (primary N) is 1. The molecular weight excluding hydrogens is 314 g/mol. The van der Waals surface area contributed by atoms with Crippen LogP contribution in [-0.4, -0.2) is 16.5 Å². The Hall–Kier alpha value is -1.26. The summed E-state index contributed by atoms with van der Waals surface area (Å²) in [6, 6.07) is 8.27. The zero-order valence-electron chi connectivity index (χ0n) is 12.2. The Bertz CT molecular complexity index is 570. The quantitative estimate of drug-likeness (QED) is 0.931. The smallest absolute Gasteiger partial charge is 0.133 e. The summed E-state index contributed by atoms with van der Waals surface area (Å²) in [4.78, 5) is 9.28. The van der Waals surface area contributed by atoms with Crippen molar-refractivity contribution in [3.05, 3.63) is 57.1 Å². The van der Waals surface area contributed by atoms with Crippen LogP contribution in [-0.2, 0) is 6.42 Å². The van der Waals surface area contributed by atoms with Crippen LogP contribution >= 0.6 is 15.9 Å². The molecule has 0 fully saturated rings. The number of benzene rings is 1. The number of hydrogen-bond acceptors (Lipinski definition) is 3. The van der Waals surface area contributed by atoms with Gasteiger partial charge in [0.15, 0.2) is 0 Å². The SMILES string of the molecule is Cc1nc(Cc2ccc(Br)cc2)nc(C)c1C(C)CN. The van der Waals surface area contributed by atoms with E-state index in [4.69, 9.17) is 5.73 Å². The van der Waals surface area contributed by atoms with E-state index in [2.05, 4.69) is 45.0 Å². The van der Waals surface area contributed by atoms with E-state index in [1.165, 1.54) is 11.1 Å². The predicted octanol–water partition coefficient (Wildman–Crippen LogP) is 3.51. The van der Waals surface area contributed by atoms with E-state index >= 15 is 0 Å². The maximum absolute atomic E-state index is 5.76. The van der Waals surface area contributed by atoms with Crippen LogP contribution in [0.2, 0.25) is 0 Å². The van der Waals surface area contributed by atoms with Gasteiger partial charge in [-0.15, -0.1) is 0 Å². The van der Waals surface area contributed by atoms with E-state index < -0.39 is 0 Å². The Morgan fingerprint density at radius 3 is 2.15 bits per heavy atom. The molecule has 106 valence electrons. The summed E-state index contributed by atoms with van der Waals surface area (Å²) in [5.41, 5.74) is 10.2. The molecule has 0 radical (unpaired) electrons. The summed E-state index contributed by atoms with van der Waals surface area (Å²) in [6.07, 6.45) is 0.756. The first-order valence-corrected chi connectivity index (χ1v) is 7.59. The molecule has 0 saturated heterocycles. The van der Waals surface area contributed by atoms with Crippen LogP contribution in [0.15, 0.2) is 28.7 Å². The largest absolute Gasteiger partial charge is 0.330 e. The fourth-order valence-corrected chi connectivity index (χ4v) is 2.75. The molecule has 1 heterocycles. The van der Waals surface area contributed by atoms with E-state index in [9.17, 15) is 0 Å².